The van der Waals surface area contributed by atoms with E-state index in [-0.39, 0.29) is 6.42 Å². The van der Waals surface area contributed by atoms with Crippen LogP contribution in [0.25, 0.3) is 0 Å². The van der Waals surface area contributed by atoms with E-state index in [0.717, 1.165) is 32.1 Å². The van der Waals surface area contributed by atoms with Crippen molar-refractivity contribution in [2.24, 2.45) is 0 Å². The van der Waals surface area contributed by atoms with Gasteiger partial charge >= 0.3 is 0 Å². The summed E-state index contributed by atoms with van der Waals surface area (Å²) in [6, 6.07) is 0. The van der Waals surface area contributed by atoms with Crippen molar-refractivity contribution in [3.8, 4) is 0 Å². The van der Waals surface area contributed by atoms with Crippen LogP contribution in [0.1, 0.15) is 51.9 Å². The van der Waals surface area contributed by atoms with Crippen LogP contribution in [-0.4, -0.2) is 115 Å². The lowest BCUT2D eigenvalue weighted by Gasteiger charge is -2.49. The van der Waals surface area contributed by atoms with Gasteiger partial charge in [0.2, 0.25) is 0 Å². The van der Waals surface area contributed by atoms with E-state index in [9.17, 15) is 40.9 Å². The predicted molar refractivity (Wildman–Crippen MR) is 106 cm³/mol. The van der Waals surface area contributed by atoms with Crippen LogP contribution in [0.2, 0.25) is 0 Å². The molecule has 0 aromatic heterocycles. The molecule has 8 N–H and O–H groups in total. The highest BCUT2D eigenvalue weighted by molar-refractivity contribution is 4.98. The van der Waals surface area contributed by atoms with Gasteiger partial charge in [0.15, 0.2) is 12.1 Å². The fourth-order valence-electron chi connectivity index (χ4n) is 4.07. The standard InChI is InChI=1S/C20H38O11/c1-2-3-4-5-6-7-8-20(28)18(27)16(26)17(12(10-22)31-20)30-19-15(25)14(24)13(23)11(9-21)29-19/h11-19,21-28H,2-10H2,1H3/t11-,12-,13+,14+,15-,16+,17-,18-,19+,20?/m1/s1. The summed E-state index contributed by atoms with van der Waals surface area (Å²) in [5.74, 6) is -2.09. The Morgan fingerprint density at radius 2 is 1.39 bits per heavy atom. The van der Waals surface area contributed by atoms with Gasteiger partial charge in [-0.25, -0.2) is 0 Å². The lowest BCUT2D eigenvalue weighted by Crippen LogP contribution is -2.68. The Morgan fingerprint density at radius 1 is 0.774 bits per heavy atom. The van der Waals surface area contributed by atoms with Gasteiger partial charge in [-0.2, -0.15) is 0 Å². The van der Waals surface area contributed by atoms with Crippen LogP contribution in [0, 0.1) is 0 Å². The SMILES string of the molecule is CCCCCCCCC1(O)O[C@H](CO)[C@@H](O[C@@H]2O[C@H](CO)[C@H](O)[C@H](O)[C@H]2O)[C@H](O)[C@H]1O. The maximum absolute atomic E-state index is 10.8. The number of hydrogen-bond donors (Lipinski definition) is 8. The third-order valence-corrected chi connectivity index (χ3v) is 6.05. The molecule has 2 saturated heterocycles. The highest BCUT2D eigenvalue weighted by Gasteiger charge is 2.55. The van der Waals surface area contributed by atoms with E-state index >= 15 is 0 Å². The van der Waals surface area contributed by atoms with Crippen molar-refractivity contribution in [1.29, 1.82) is 0 Å². The van der Waals surface area contributed by atoms with Crippen molar-refractivity contribution < 1.29 is 55.1 Å². The molecule has 0 aromatic rings. The van der Waals surface area contributed by atoms with E-state index < -0.39 is 74.1 Å². The first-order valence-corrected chi connectivity index (χ1v) is 11.0. The first kappa shape index (κ1) is 26.8. The van der Waals surface area contributed by atoms with Crippen LogP contribution < -0.4 is 0 Å². The first-order valence-electron chi connectivity index (χ1n) is 11.0. The highest BCUT2D eigenvalue weighted by atomic mass is 16.7. The molecule has 2 heterocycles. The molecule has 0 radical (unpaired) electrons. The topological polar surface area (TPSA) is 190 Å². The zero-order valence-electron chi connectivity index (χ0n) is 17.9. The van der Waals surface area contributed by atoms with Gasteiger partial charge in [-0.15, -0.1) is 0 Å². The molecule has 0 spiro atoms. The van der Waals surface area contributed by atoms with Crippen LogP contribution in [0.4, 0.5) is 0 Å². The molecule has 2 aliphatic heterocycles. The summed E-state index contributed by atoms with van der Waals surface area (Å²) in [6.07, 6.45) is -8.35. The Bertz CT molecular complexity index is 519. The van der Waals surface area contributed by atoms with Gasteiger partial charge in [0.25, 0.3) is 0 Å². The Morgan fingerprint density at radius 3 is 2.00 bits per heavy atom. The van der Waals surface area contributed by atoms with Crippen LogP contribution in [0.15, 0.2) is 0 Å². The van der Waals surface area contributed by atoms with Gasteiger partial charge in [0, 0.05) is 6.42 Å². The predicted octanol–water partition coefficient (Wildman–Crippen LogP) is -2.28. The van der Waals surface area contributed by atoms with Crippen LogP contribution >= 0.6 is 0 Å². The molecule has 31 heavy (non-hydrogen) atoms. The smallest absolute Gasteiger partial charge is 0.195 e. The molecule has 2 rings (SSSR count). The fourth-order valence-corrected chi connectivity index (χ4v) is 4.07. The second-order valence-corrected chi connectivity index (χ2v) is 8.43. The number of ether oxygens (including phenoxy) is 3. The Kier molecular flexibility index (Phi) is 10.5. The molecule has 0 aromatic carbocycles. The second kappa shape index (κ2) is 12.1. The Hall–Kier alpha value is -0.440. The molecule has 11 heteroatoms. The molecule has 0 aliphatic carbocycles. The van der Waals surface area contributed by atoms with Crippen molar-refractivity contribution in [3.05, 3.63) is 0 Å². The number of hydrogen-bond acceptors (Lipinski definition) is 11. The summed E-state index contributed by atoms with van der Waals surface area (Å²) >= 11 is 0. The largest absolute Gasteiger partial charge is 0.394 e. The summed E-state index contributed by atoms with van der Waals surface area (Å²) in [4.78, 5) is 0. The molecule has 2 aliphatic rings. The zero-order chi connectivity index (χ0) is 23.2. The Balaban J connectivity index is 2.01. The van der Waals surface area contributed by atoms with Crippen LogP contribution in [-0.2, 0) is 14.2 Å². The minimum absolute atomic E-state index is 0.0423. The Labute approximate surface area is 181 Å². The maximum Gasteiger partial charge on any atom is 0.195 e. The fraction of sp³-hybridized carbons (Fsp3) is 1.00. The van der Waals surface area contributed by atoms with E-state index in [1.54, 1.807) is 0 Å². The molecule has 11 nitrogen and oxygen atoms in total. The van der Waals surface area contributed by atoms with Gasteiger partial charge in [0.1, 0.15) is 48.8 Å². The molecule has 0 saturated carbocycles. The number of unbranched alkanes of at least 4 members (excludes halogenated alkanes) is 5. The number of aliphatic hydroxyl groups excluding tert-OH is 7. The van der Waals surface area contributed by atoms with Crippen molar-refractivity contribution in [3.63, 3.8) is 0 Å². The lowest BCUT2D eigenvalue weighted by atomic mass is 9.89. The third kappa shape index (κ3) is 6.33. The normalized spacial score (nSPS) is 43.8. The summed E-state index contributed by atoms with van der Waals surface area (Å²) in [7, 11) is 0. The van der Waals surface area contributed by atoms with Crippen molar-refractivity contribution in [2.75, 3.05) is 13.2 Å². The minimum Gasteiger partial charge on any atom is -0.394 e. The zero-order valence-corrected chi connectivity index (χ0v) is 17.9. The molecule has 0 bridgehead atoms. The number of aliphatic hydroxyl groups is 8. The van der Waals surface area contributed by atoms with Gasteiger partial charge < -0.3 is 55.1 Å². The molecular weight excluding hydrogens is 416 g/mol. The van der Waals surface area contributed by atoms with E-state index in [4.69, 9.17) is 14.2 Å². The molecule has 184 valence electrons. The minimum atomic E-state index is -2.09. The number of rotatable bonds is 11. The van der Waals surface area contributed by atoms with E-state index in [1.807, 2.05) is 0 Å². The molecule has 2 fully saturated rings. The van der Waals surface area contributed by atoms with Crippen molar-refractivity contribution >= 4 is 0 Å². The second-order valence-electron chi connectivity index (χ2n) is 8.43. The first-order chi connectivity index (χ1) is 14.7. The van der Waals surface area contributed by atoms with Crippen LogP contribution in [0.5, 0.6) is 0 Å². The van der Waals surface area contributed by atoms with E-state index in [0.29, 0.717) is 6.42 Å². The van der Waals surface area contributed by atoms with Gasteiger partial charge in [-0.3, -0.25) is 0 Å². The maximum atomic E-state index is 10.8. The van der Waals surface area contributed by atoms with Gasteiger partial charge in [0.05, 0.1) is 13.2 Å². The lowest BCUT2D eigenvalue weighted by molar-refractivity contribution is -0.384. The monoisotopic (exact) mass is 454 g/mol. The molecule has 10 atom stereocenters. The summed E-state index contributed by atoms with van der Waals surface area (Å²) < 4.78 is 16.2. The average molecular weight is 455 g/mol. The third-order valence-electron chi connectivity index (χ3n) is 6.05. The van der Waals surface area contributed by atoms with Gasteiger partial charge in [-0.05, 0) is 6.42 Å². The van der Waals surface area contributed by atoms with Crippen molar-refractivity contribution in [2.45, 2.75) is 113 Å². The van der Waals surface area contributed by atoms with Gasteiger partial charge in [-0.1, -0.05) is 39.0 Å². The average Bonchev–Trinajstić information content (AvgIpc) is 2.76. The van der Waals surface area contributed by atoms with Crippen molar-refractivity contribution in [1.82, 2.24) is 0 Å². The quantitative estimate of drug-likeness (QED) is 0.157. The summed E-state index contributed by atoms with van der Waals surface area (Å²) in [6.45, 7) is 0.761. The molecule has 1 unspecified atom stereocenters. The molecular formula is C20H38O11. The van der Waals surface area contributed by atoms with E-state index in [2.05, 4.69) is 6.92 Å². The molecule has 0 amide bonds. The highest BCUT2D eigenvalue weighted by Crippen LogP contribution is 2.35. The van der Waals surface area contributed by atoms with E-state index in [1.165, 1.54) is 0 Å². The summed E-state index contributed by atoms with van der Waals surface area (Å²) in [5, 5.41) is 80.7. The summed E-state index contributed by atoms with van der Waals surface area (Å²) in [5.41, 5.74) is 0. The van der Waals surface area contributed by atoms with Crippen LogP contribution in [0.3, 0.4) is 0 Å².